The van der Waals surface area contributed by atoms with Gasteiger partial charge in [0.05, 0.1) is 25.8 Å². The maximum Gasteiger partial charge on any atom is 0.308 e. The van der Waals surface area contributed by atoms with Crippen LogP contribution in [0.15, 0.2) is 17.1 Å². The van der Waals surface area contributed by atoms with Crippen molar-refractivity contribution < 1.29 is 19.1 Å². The highest BCUT2D eigenvalue weighted by Crippen LogP contribution is 2.43. The normalized spacial score (nSPS) is 22.2. The van der Waals surface area contributed by atoms with E-state index in [1.54, 1.807) is 14.0 Å². The number of fused-ring (bicyclic) bond motifs is 1. The Morgan fingerprint density at radius 1 is 1.24 bits per heavy atom. The minimum atomic E-state index is -0.129. The van der Waals surface area contributed by atoms with E-state index in [-0.39, 0.29) is 17.8 Å². The van der Waals surface area contributed by atoms with Crippen molar-refractivity contribution in [3.63, 3.8) is 0 Å². The lowest BCUT2D eigenvalue weighted by atomic mass is 9.78. The molecule has 1 N–H and O–H groups in total. The lowest BCUT2D eigenvalue weighted by Crippen LogP contribution is -2.24. The van der Waals surface area contributed by atoms with E-state index in [9.17, 15) is 9.59 Å². The minimum Gasteiger partial charge on any atom is -0.496 e. The Balaban J connectivity index is 1.93. The van der Waals surface area contributed by atoms with E-state index in [1.807, 2.05) is 18.1 Å². The number of nitrogens with zero attached hydrogens (tertiary/aromatic N) is 1. The molecule has 0 radical (unpaired) electrons. The predicted molar refractivity (Wildman–Crippen MR) is 94.7 cm³/mol. The molecule has 1 saturated carbocycles. The third kappa shape index (κ3) is 3.30. The van der Waals surface area contributed by atoms with Gasteiger partial charge in [0.1, 0.15) is 17.3 Å². The molecule has 1 aromatic carbocycles. The van der Waals surface area contributed by atoms with Crippen LogP contribution in [-0.4, -0.2) is 32.0 Å². The van der Waals surface area contributed by atoms with Crippen LogP contribution in [0.4, 0.5) is 5.69 Å². The highest BCUT2D eigenvalue weighted by atomic mass is 16.5. The molecule has 6 nitrogen and oxygen atoms in total. The van der Waals surface area contributed by atoms with Crippen LogP contribution in [0.5, 0.6) is 5.75 Å². The fourth-order valence-electron chi connectivity index (χ4n) is 3.72. The van der Waals surface area contributed by atoms with Gasteiger partial charge in [0.15, 0.2) is 5.94 Å². The van der Waals surface area contributed by atoms with Crippen LogP contribution >= 0.6 is 0 Å². The van der Waals surface area contributed by atoms with Gasteiger partial charge in [-0.3, -0.25) is 4.79 Å². The summed E-state index contributed by atoms with van der Waals surface area (Å²) in [6.45, 7) is 1.80. The van der Waals surface area contributed by atoms with Crippen LogP contribution in [-0.2, 0) is 14.3 Å². The van der Waals surface area contributed by atoms with Crippen LogP contribution in [0.3, 0.4) is 0 Å². The second-order valence-electron chi connectivity index (χ2n) is 6.48. The highest BCUT2D eigenvalue weighted by molar-refractivity contribution is 6.04. The molecule has 2 aliphatic rings. The van der Waals surface area contributed by atoms with Gasteiger partial charge in [0.2, 0.25) is 0 Å². The van der Waals surface area contributed by atoms with Crippen molar-refractivity contribution >= 4 is 29.1 Å². The lowest BCUT2D eigenvalue weighted by Gasteiger charge is -2.29. The van der Waals surface area contributed by atoms with Gasteiger partial charge in [-0.25, -0.2) is 9.79 Å². The SMILES string of the molecule is COC(=O)C1CCC(c2cc3c(cc2OC)N=C(C)NC3=C=O)CC1. The Morgan fingerprint density at radius 3 is 2.56 bits per heavy atom. The van der Waals surface area contributed by atoms with E-state index in [0.717, 1.165) is 42.6 Å². The van der Waals surface area contributed by atoms with Crippen molar-refractivity contribution in [1.82, 2.24) is 5.32 Å². The van der Waals surface area contributed by atoms with Crippen molar-refractivity contribution in [2.75, 3.05) is 14.2 Å². The molecule has 1 aliphatic carbocycles. The largest absolute Gasteiger partial charge is 0.496 e. The molecule has 0 saturated heterocycles. The Kier molecular flexibility index (Phi) is 4.91. The van der Waals surface area contributed by atoms with Crippen molar-refractivity contribution in [1.29, 1.82) is 0 Å². The zero-order valence-electron chi connectivity index (χ0n) is 14.7. The summed E-state index contributed by atoms with van der Waals surface area (Å²) in [4.78, 5) is 27.5. The maximum absolute atomic E-state index is 11.7. The summed E-state index contributed by atoms with van der Waals surface area (Å²) in [7, 11) is 3.07. The van der Waals surface area contributed by atoms with Gasteiger partial charge < -0.3 is 14.8 Å². The number of carbonyl (C=O) groups excluding carboxylic acids is 2. The van der Waals surface area contributed by atoms with Crippen LogP contribution in [0.1, 0.15) is 49.7 Å². The first-order valence-electron chi connectivity index (χ1n) is 8.45. The molecule has 0 atom stereocenters. The van der Waals surface area contributed by atoms with Gasteiger partial charge in [-0.15, -0.1) is 0 Å². The topological polar surface area (TPSA) is 77.0 Å². The van der Waals surface area contributed by atoms with Gasteiger partial charge >= 0.3 is 5.97 Å². The third-order valence-corrected chi connectivity index (χ3v) is 5.02. The van der Waals surface area contributed by atoms with E-state index >= 15 is 0 Å². The number of benzene rings is 1. The molecular formula is C19H22N2O4. The third-order valence-electron chi connectivity index (χ3n) is 5.02. The number of rotatable bonds is 3. The average molecular weight is 342 g/mol. The first-order chi connectivity index (χ1) is 12.1. The fourth-order valence-corrected chi connectivity index (χ4v) is 3.72. The van der Waals surface area contributed by atoms with Crippen molar-refractivity contribution in [2.24, 2.45) is 10.9 Å². The molecule has 3 rings (SSSR count). The quantitative estimate of drug-likeness (QED) is 0.675. The number of hydrogen-bond donors (Lipinski definition) is 1. The molecule has 132 valence electrons. The first-order valence-corrected chi connectivity index (χ1v) is 8.45. The second-order valence-corrected chi connectivity index (χ2v) is 6.48. The first kappa shape index (κ1) is 17.2. The van der Waals surface area contributed by atoms with Crippen molar-refractivity contribution in [3.05, 3.63) is 23.3 Å². The molecular weight excluding hydrogens is 320 g/mol. The summed E-state index contributed by atoms with van der Waals surface area (Å²) in [5.74, 6) is 3.51. The fraction of sp³-hybridized carbons (Fsp3) is 0.474. The van der Waals surface area contributed by atoms with Crippen LogP contribution in [0, 0.1) is 5.92 Å². The molecule has 0 aromatic heterocycles. The van der Waals surface area contributed by atoms with E-state index < -0.39 is 0 Å². The molecule has 6 heteroatoms. The minimum absolute atomic E-state index is 0.0239. The molecule has 0 amide bonds. The van der Waals surface area contributed by atoms with E-state index in [2.05, 4.69) is 10.3 Å². The van der Waals surface area contributed by atoms with Crippen LogP contribution < -0.4 is 10.1 Å². The van der Waals surface area contributed by atoms with Gasteiger partial charge in [-0.1, -0.05) is 0 Å². The van der Waals surface area contributed by atoms with Gasteiger partial charge in [-0.05, 0) is 50.2 Å². The zero-order chi connectivity index (χ0) is 18.0. The average Bonchev–Trinajstić information content (AvgIpc) is 2.65. The Morgan fingerprint density at radius 2 is 1.96 bits per heavy atom. The summed E-state index contributed by atoms with van der Waals surface area (Å²) in [5.41, 5.74) is 2.90. The zero-order valence-corrected chi connectivity index (χ0v) is 14.7. The Labute approximate surface area is 146 Å². The van der Waals surface area contributed by atoms with E-state index in [0.29, 0.717) is 17.2 Å². The summed E-state index contributed by atoms with van der Waals surface area (Å²) >= 11 is 0. The number of esters is 1. The van der Waals surface area contributed by atoms with E-state index in [4.69, 9.17) is 9.47 Å². The van der Waals surface area contributed by atoms with Crippen molar-refractivity contribution in [3.8, 4) is 5.75 Å². The molecule has 25 heavy (non-hydrogen) atoms. The number of methoxy groups -OCH3 is 2. The summed E-state index contributed by atoms with van der Waals surface area (Å²) in [6, 6.07) is 3.85. The van der Waals surface area contributed by atoms with Gasteiger partial charge in [0, 0.05) is 11.6 Å². The standard InChI is InChI=1S/C19H22N2O4/c1-11-20-16-9-18(24-2)14(8-15(16)17(10-22)21-11)12-4-6-13(7-5-12)19(23)25-3/h8-9,12-13H,4-7H2,1-3H3,(H,20,21). The number of ether oxygens (including phenoxy) is 2. The van der Waals surface area contributed by atoms with Crippen LogP contribution in [0.2, 0.25) is 0 Å². The van der Waals surface area contributed by atoms with Gasteiger partial charge in [-0.2, -0.15) is 0 Å². The molecule has 0 unspecified atom stereocenters. The van der Waals surface area contributed by atoms with E-state index in [1.165, 1.54) is 7.11 Å². The summed E-state index contributed by atoms with van der Waals surface area (Å²) < 4.78 is 10.4. The predicted octanol–water partition coefficient (Wildman–Crippen LogP) is 2.97. The molecule has 0 bridgehead atoms. The number of carbonyl (C=O) groups is 1. The number of nitrogens with one attached hydrogen (secondary N) is 1. The number of hydrogen-bond acceptors (Lipinski definition) is 6. The smallest absolute Gasteiger partial charge is 0.308 e. The lowest BCUT2D eigenvalue weighted by molar-refractivity contribution is -0.146. The molecule has 0 spiro atoms. The monoisotopic (exact) mass is 342 g/mol. The molecule has 1 aromatic rings. The van der Waals surface area contributed by atoms with Crippen molar-refractivity contribution in [2.45, 2.75) is 38.5 Å². The Hall–Kier alpha value is -2.59. The Bertz CT molecular complexity index is 770. The highest BCUT2D eigenvalue weighted by Gasteiger charge is 2.30. The number of aliphatic imine (C=N–C) groups is 1. The second kappa shape index (κ2) is 7.11. The molecule has 1 heterocycles. The number of amidine groups is 1. The van der Waals surface area contributed by atoms with Gasteiger partial charge in [0.25, 0.3) is 0 Å². The summed E-state index contributed by atoms with van der Waals surface area (Å²) in [5, 5.41) is 2.96. The molecule has 1 fully saturated rings. The summed E-state index contributed by atoms with van der Waals surface area (Å²) in [6.07, 6.45) is 3.35. The van der Waals surface area contributed by atoms with Crippen LogP contribution in [0.25, 0.3) is 5.70 Å². The maximum atomic E-state index is 11.7. The molecule has 1 aliphatic heterocycles.